The fourth-order valence-electron chi connectivity index (χ4n) is 1.77. The summed E-state index contributed by atoms with van der Waals surface area (Å²) in [5, 5.41) is 13.5. The summed E-state index contributed by atoms with van der Waals surface area (Å²) in [5.41, 5.74) is 0. The predicted molar refractivity (Wildman–Crippen MR) is 56.5 cm³/mol. The van der Waals surface area contributed by atoms with Crippen molar-refractivity contribution >= 4 is 22.6 Å². The summed E-state index contributed by atoms with van der Waals surface area (Å²) in [6.45, 7) is 2.98. The molecule has 1 aromatic heterocycles. The van der Waals surface area contributed by atoms with Crippen LogP contribution in [0.1, 0.15) is 19.8 Å². The van der Waals surface area contributed by atoms with Gasteiger partial charge >= 0.3 is 0 Å². The third-order valence-electron chi connectivity index (χ3n) is 2.58. The Labute approximate surface area is 91.6 Å². The number of carbonyl (C=O) groups is 1. The number of rotatable bonds is 2. The summed E-state index contributed by atoms with van der Waals surface area (Å²) < 4.78 is 3.58. The second kappa shape index (κ2) is 4.63. The molecule has 2 N–H and O–H groups in total. The molecule has 1 aliphatic rings. The Balaban J connectivity index is 1.95. The van der Waals surface area contributed by atoms with Gasteiger partial charge in [0, 0.05) is 11.5 Å². The van der Waals surface area contributed by atoms with Crippen LogP contribution in [0.3, 0.4) is 0 Å². The molecular formula is C8H13N5OS. The van der Waals surface area contributed by atoms with Crippen LogP contribution in [-0.2, 0) is 4.79 Å². The van der Waals surface area contributed by atoms with Gasteiger partial charge in [0.1, 0.15) is 0 Å². The van der Waals surface area contributed by atoms with Gasteiger partial charge in [-0.15, -0.1) is 0 Å². The largest absolute Gasteiger partial charge is 0.306 e. The van der Waals surface area contributed by atoms with Crippen LogP contribution in [0.5, 0.6) is 0 Å². The first-order valence-electron chi connectivity index (χ1n) is 4.96. The Kier molecular flexibility index (Phi) is 3.22. The summed E-state index contributed by atoms with van der Waals surface area (Å²) in [5.74, 6) is 0.320. The van der Waals surface area contributed by atoms with E-state index in [2.05, 4.69) is 32.4 Å². The number of carbonyl (C=O) groups excluding carboxylic acids is 1. The van der Waals surface area contributed by atoms with Crippen LogP contribution < -0.4 is 10.6 Å². The van der Waals surface area contributed by atoms with E-state index in [1.165, 1.54) is 0 Å². The normalized spacial score (nSPS) is 26.2. The zero-order chi connectivity index (χ0) is 10.7. The number of aromatic nitrogens is 3. The molecule has 0 aliphatic carbocycles. The highest BCUT2D eigenvalue weighted by Gasteiger charge is 2.27. The van der Waals surface area contributed by atoms with Gasteiger partial charge in [0.2, 0.25) is 11.0 Å². The van der Waals surface area contributed by atoms with E-state index in [0.29, 0.717) is 11.0 Å². The van der Waals surface area contributed by atoms with E-state index in [1.54, 1.807) is 0 Å². The van der Waals surface area contributed by atoms with E-state index in [9.17, 15) is 4.79 Å². The standard InChI is InChI=1S/C8H13N5OS/c1-5-3-2-4-9-6(5)7(14)10-8-11-12-13-15-8/h5-6,9H,2-4H2,1H3,(H,10,11,13,14). The summed E-state index contributed by atoms with van der Waals surface area (Å²) in [4.78, 5) is 11.8. The molecule has 1 amide bonds. The highest BCUT2D eigenvalue weighted by molar-refractivity contribution is 7.09. The topological polar surface area (TPSA) is 79.8 Å². The summed E-state index contributed by atoms with van der Waals surface area (Å²) in [6.07, 6.45) is 2.21. The SMILES string of the molecule is CC1CCCNC1C(=O)Nc1nnns1. The van der Waals surface area contributed by atoms with Crippen molar-refractivity contribution in [1.82, 2.24) is 20.1 Å². The summed E-state index contributed by atoms with van der Waals surface area (Å²) in [7, 11) is 0. The number of nitrogens with zero attached hydrogens (tertiary/aromatic N) is 3. The zero-order valence-electron chi connectivity index (χ0n) is 8.43. The minimum Gasteiger partial charge on any atom is -0.306 e. The monoisotopic (exact) mass is 227 g/mol. The van der Waals surface area contributed by atoms with Gasteiger partial charge in [-0.05, 0) is 30.5 Å². The van der Waals surface area contributed by atoms with Crippen LogP contribution in [-0.4, -0.2) is 33.3 Å². The lowest BCUT2D eigenvalue weighted by Gasteiger charge is -2.28. The number of hydrogen-bond acceptors (Lipinski definition) is 6. The van der Waals surface area contributed by atoms with Crippen molar-refractivity contribution < 1.29 is 4.79 Å². The molecule has 2 rings (SSSR count). The fourth-order valence-corrected chi connectivity index (χ4v) is 2.14. The Morgan fingerprint density at radius 1 is 1.67 bits per heavy atom. The predicted octanol–water partition coefficient (Wildman–Crippen LogP) is 0.260. The quantitative estimate of drug-likeness (QED) is 0.757. The van der Waals surface area contributed by atoms with Crippen molar-refractivity contribution in [2.24, 2.45) is 5.92 Å². The summed E-state index contributed by atoms with van der Waals surface area (Å²) >= 11 is 1.08. The lowest BCUT2D eigenvalue weighted by atomic mass is 9.92. The molecule has 15 heavy (non-hydrogen) atoms. The van der Waals surface area contributed by atoms with Crippen LogP contribution >= 0.6 is 11.5 Å². The molecule has 0 bridgehead atoms. The molecule has 6 nitrogen and oxygen atoms in total. The van der Waals surface area contributed by atoms with Crippen molar-refractivity contribution in [3.8, 4) is 0 Å². The van der Waals surface area contributed by atoms with Crippen molar-refractivity contribution in [3.63, 3.8) is 0 Å². The molecule has 2 atom stereocenters. The molecule has 0 spiro atoms. The maximum absolute atomic E-state index is 11.8. The van der Waals surface area contributed by atoms with Gasteiger partial charge in [0.05, 0.1) is 6.04 Å². The molecule has 82 valence electrons. The zero-order valence-corrected chi connectivity index (χ0v) is 9.25. The third kappa shape index (κ3) is 2.48. The molecule has 1 fully saturated rings. The lowest BCUT2D eigenvalue weighted by Crippen LogP contribution is -2.48. The first-order chi connectivity index (χ1) is 7.27. The van der Waals surface area contributed by atoms with Gasteiger partial charge in [0.15, 0.2) is 0 Å². The molecule has 1 aromatic rings. The van der Waals surface area contributed by atoms with Gasteiger partial charge in [-0.2, -0.15) is 0 Å². The van der Waals surface area contributed by atoms with E-state index in [-0.39, 0.29) is 11.9 Å². The number of nitrogens with one attached hydrogen (secondary N) is 2. The van der Waals surface area contributed by atoms with Crippen molar-refractivity contribution in [2.45, 2.75) is 25.8 Å². The maximum Gasteiger partial charge on any atom is 0.243 e. The van der Waals surface area contributed by atoms with Crippen LogP contribution in [0.2, 0.25) is 0 Å². The van der Waals surface area contributed by atoms with Gasteiger partial charge in [0.25, 0.3) is 0 Å². The van der Waals surface area contributed by atoms with Gasteiger partial charge < -0.3 is 5.32 Å². The van der Waals surface area contributed by atoms with Crippen molar-refractivity contribution in [3.05, 3.63) is 0 Å². The molecular weight excluding hydrogens is 214 g/mol. The average Bonchev–Trinajstić information content (AvgIpc) is 2.71. The highest BCUT2D eigenvalue weighted by atomic mass is 32.1. The third-order valence-corrected chi connectivity index (χ3v) is 3.09. The second-order valence-electron chi connectivity index (χ2n) is 3.71. The lowest BCUT2D eigenvalue weighted by molar-refractivity contribution is -0.119. The molecule has 2 unspecified atom stereocenters. The Morgan fingerprint density at radius 3 is 3.20 bits per heavy atom. The number of hydrogen-bond donors (Lipinski definition) is 2. The molecule has 1 aliphatic heterocycles. The Bertz CT molecular complexity index is 328. The fraction of sp³-hybridized carbons (Fsp3) is 0.750. The maximum atomic E-state index is 11.8. The van der Waals surface area contributed by atoms with Crippen LogP contribution in [0.25, 0.3) is 0 Å². The molecule has 0 aromatic carbocycles. The van der Waals surface area contributed by atoms with Crippen molar-refractivity contribution in [1.29, 1.82) is 0 Å². The minimum atomic E-state index is -0.123. The van der Waals surface area contributed by atoms with E-state index in [4.69, 9.17) is 0 Å². The van der Waals surface area contributed by atoms with Gasteiger partial charge in [-0.1, -0.05) is 16.5 Å². The van der Waals surface area contributed by atoms with Crippen LogP contribution in [0.4, 0.5) is 5.13 Å². The highest BCUT2D eigenvalue weighted by Crippen LogP contribution is 2.17. The molecule has 0 radical (unpaired) electrons. The van der Waals surface area contributed by atoms with E-state index >= 15 is 0 Å². The molecule has 2 heterocycles. The Morgan fingerprint density at radius 2 is 2.53 bits per heavy atom. The number of piperidine rings is 1. The van der Waals surface area contributed by atoms with Gasteiger partial charge in [-0.3, -0.25) is 10.1 Å². The van der Waals surface area contributed by atoms with Crippen molar-refractivity contribution in [2.75, 3.05) is 11.9 Å². The van der Waals surface area contributed by atoms with E-state index in [0.717, 1.165) is 30.9 Å². The molecule has 1 saturated heterocycles. The first kappa shape index (κ1) is 10.4. The second-order valence-corrected chi connectivity index (χ2v) is 4.44. The van der Waals surface area contributed by atoms with E-state index in [1.807, 2.05) is 0 Å². The summed E-state index contributed by atoms with van der Waals surface area (Å²) in [6, 6.07) is -0.123. The molecule has 7 heteroatoms. The average molecular weight is 227 g/mol. The molecule has 0 saturated carbocycles. The van der Waals surface area contributed by atoms with Crippen LogP contribution in [0.15, 0.2) is 0 Å². The minimum absolute atomic E-state index is 0.0410. The Hall–Kier alpha value is -1.08. The number of amides is 1. The van der Waals surface area contributed by atoms with Gasteiger partial charge in [-0.25, -0.2) is 0 Å². The first-order valence-corrected chi connectivity index (χ1v) is 5.74. The smallest absolute Gasteiger partial charge is 0.243 e. The van der Waals surface area contributed by atoms with E-state index < -0.39 is 0 Å². The number of anilines is 1. The van der Waals surface area contributed by atoms with Crippen LogP contribution in [0, 0.1) is 5.92 Å².